The van der Waals surface area contributed by atoms with Gasteiger partial charge in [0.25, 0.3) is 0 Å². The van der Waals surface area contributed by atoms with Crippen LogP contribution in [0.1, 0.15) is 30.4 Å². The molecule has 5 nitrogen and oxygen atoms in total. The number of aryl methyl sites for hydroxylation is 1. The summed E-state index contributed by atoms with van der Waals surface area (Å²) in [5, 5.41) is 6.42. The molecule has 0 saturated heterocycles. The van der Waals surface area contributed by atoms with Crippen molar-refractivity contribution in [1.82, 2.24) is 10.6 Å². The van der Waals surface area contributed by atoms with Crippen LogP contribution in [0.15, 0.2) is 23.2 Å². The summed E-state index contributed by atoms with van der Waals surface area (Å²) < 4.78 is 17.6. The molecule has 128 valence electrons. The maximum absolute atomic E-state index is 13.1. The van der Waals surface area contributed by atoms with Gasteiger partial charge in [0.15, 0.2) is 5.96 Å². The van der Waals surface area contributed by atoms with E-state index in [0.29, 0.717) is 13.0 Å². The third-order valence-corrected chi connectivity index (χ3v) is 3.54. The third-order valence-electron chi connectivity index (χ3n) is 3.54. The predicted molar refractivity (Wildman–Crippen MR) is 90.1 cm³/mol. The van der Waals surface area contributed by atoms with Gasteiger partial charge in [-0.3, -0.25) is 9.79 Å². The summed E-state index contributed by atoms with van der Waals surface area (Å²) in [7, 11) is 3.11. The first-order valence-electron chi connectivity index (χ1n) is 7.83. The van der Waals surface area contributed by atoms with Gasteiger partial charge in [-0.25, -0.2) is 4.39 Å². The molecule has 0 heterocycles. The molecular formula is C17H26FN3O2. The highest BCUT2D eigenvalue weighted by Gasteiger charge is 2.02. The first-order valence-corrected chi connectivity index (χ1v) is 7.83. The summed E-state index contributed by atoms with van der Waals surface area (Å²) in [6, 6.07) is 4.84. The summed E-state index contributed by atoms with van der Waals surface area (Å²) in [5.41, 5.74) is 2.07. The molecule has 0 unspecified atom stereocenters. The normalized spacial score (nSPS) is 11.2. The zero-order valence-electron chi connectivity index (χ0n) is 14.1. The van der Waals surface area contributed by atoms with Crippen LogP contribution in [0.25, 0.3) is 0 Å². The standard InChI is InChI=1S/C17H26FN3O2/c1-13-12-15(18)8-7-14(13)9-11-21-17(19-2)20-10-5-4-6-16(22)23-3/h7-8,12H,4-6,9-11H2,1-3H3,(H2,19,20,21). The van der Waals surface area contributed by atoms with Crippen LogP contribution < -0.4 is 10.6 Å². The number of hydrogen-bond acceptors (Lipinski definition) is 3. The van der Waals surface area contributed by atoms with E-state index in [-0.39, 0.29) is 11.8 Å². The van der Waals surface area contributed by atoms with Gasteiger partial charge in [-0.15, -0.1) is 0 Å². The lowest BCUT2D eigenvalue weighted by molar-refractivity contribution is -0.140. The second-order valence-corrected chi connectivity index (χ2v) is 5.28. The van der Waals surface area contributed by atoms with Gasteiger partial charge in [-0.2, -0.15) is 0 Å². The number of halogens is 1. The average Bonchev–Trinajstić information content (AvgIpc) is 2.54. The van der Waals surface area contributed by atoms with E-state index in [4.69, 9.17) is 0 Å². The second kappa shape index (κ2) is 10.6. The minimum atomic E-state index is -0.205. The van der Waals surface area contributed by atoms with Crippen molar-refractivity contribution in [3.05, 3.63) is 35.1 Å². The molecule has 0 aliphatic carbocycles. The molecule has 1 aromatic rings. The molecule has 0 radical (unpaired) electrons. The Bertz CT molecular complexity index is 533. The summed E-state index contributed by atoms with van der Waals surface area (Å²) in [5.74, 6) is 0.341. The maximum atomic E-state index is 13.1. The van der Waals surface area contributed by atoms with Crippen LogP contribution in [-0.2, 0) is 16.0 Å². The fraction of sp³-hybridized carbons (Fsp3) is 0.529. The number of nitrogens with zero attached hydrogens (tertiary/aromatic N) is 1. The van der Waals surface area contributed by atoms with Crippen LogP contribution in [0.3, 0.4) is 0 Å². The number of carbonyl (C=O) groups excluding carboxylic acids is 1. The molecule has 6 heteroatoms. The summed E-state index contributed by atoms with van der Waals surface area (Å²) in [6.07, 6.45) is 2.89. The van der Waals surface area contributed by atoms with Crippen molar-refractivity contribution in [2.45, 2.75) is 32.6 Å². The Hall–Kier alpha value is -2.11. The van der Waals surface area contributed by atoms with Gasteiger partial charge in [0.2, 0.25) is 0 Å². The number of aliphatic imine (C=N–C) groups is 1. The number of rotatable bonds is 8. The van der Waals surface area contributed by atoms with Crippen molar-refractivity contribution < 1.29 is 13.9 Å². The molecule has 23 heavy (non-hydrogen) atoms. The molecule has 1 rings (SSSR count). The van der Waals surface area contributed by atoms with Crippen molar-refractivity contribution in [2.24, 2.45) is 4.99 Å². The second-order valence-electron chi connectivity index (χ2n) is 5.28. The number of ether oxygens (including phenoxy) is 1. The minimum absolute atomic E-state index is 0.179. The third kappa shape index (κ3) is 7.63. The van der Waals surface area contributed by atoms with Gasteiger partial charge >= 0.3 is 5.97 Å². The number of benzene rings is 1. The van der Waals surface area contributed by atoms with Crippen LogP contribution in [0, 0.1) is 12.7 Å². The summed E-state index contributed by atoms with van der Waals surface area (Å²) in [4.78, 5) is 15.1. The van der Waals surface area contributed by atoms with Crippen molar-refractivity contribution >= 4 is 11.9 Å². The molecule has 0 aliphatic heterocycles. The summed E-state index contributed by atoms with van der Waals surface area (Å²) >= 11 is 0. The molecule has 0 saturated carbocycles. The van der Waals surface area contributed by atoms with Gasteiger partial charge in [-0.05, 0) is 49.4 Å². The van der Waals surface area contributed by atoms with E-state index in [2.05, 4.69) is 20.4 Å². The Morgan fingerprint density at radius 2 is 2.00 bits per heavy atom. The van der Waals surface area contributed by atoms with Crippen molar-refractivity contribution in [3.63, 3.8) is 0 Å². The summed E-state index contributed by atoms with van der Waals surface area (Å²) in [6.45, 7) is 3.37. The van der Waals surface area contributed by atoms with Crippen LogP contribution in [0.5, 0.6) is 0 Å². The average molecular weight is 323 g/mol. The van der Waals surface area contributed by atoms with Crippen LogP contribution in [0.2, 0.25) is 0 Å². The Kier molecular flexibility index (Phi) is 8.72. The van der Waals surface area contributed by atoms with Gasteiger partial charge in [0.05, 0.1) is 7.11 Å². The van der Waals surface area contributed by atoms with Gasteiger partial charge in [0.1, 0.15) is 5.82 Å². The first kappa shape index (κ1) is 18.9. The largest absolute Gasteiger partial charge is 0.469 e. The van der Waals surface area contributed by atoms with E-state index < -0.39 is 0 Å². The Morgan fingerprint density at radius 1 is 1.26 bits per heavy atom. The lowest BCUT2D eigenvalue weighted by atomic mass is 10.1. The number of methoxy groups -OCH3 is 1. The number of carbonyl (C=O) groups is 1. The highest BCUT2D eigenvalue weighted by molar-refractivity contribution is 5.79. The van der Waals surface area contributed by atoms with Crippen LogP contribution in [0.4, 0.5) is 4.39 Å². The molecular weight excluding hydrogens is 297 g/mol. The predicted octanol–water partition coefficient (Wildman–Crippen LogP) is 2.18. The molecule has 0 bridgehead atoms. The van der Waals surface area contributed by atoms with Crippen LogP contribution >= 0.6 is 0 Å². The number of nitrogens with one attached hydrogen (secondary N) is 2. The number of guanidine groups is 1. The minimum Gasteiger partial charge on any atom is -0.469 e. The Morgan fingerprint density at radius 3 is 2.65 bits per heavy atom. The van der Waals surface area contributed by atoms with Gasteiger partial charge < -0.3 is 15.4 Å². The zero-order valence-corrected chi connectivity index (χ0v) is 14.1. The first-order chi connectivity index (χ1) is 11.1. The van der Waals surface area contributed by atoms with E-state index in [1.165, 1.54) is 13.2 Å². The zero-order chi connectivity index (χ0) is 17.1. The fourth-order valence-corrected chi connectivity index (χ4v) is 2.18. The van der Waals surface area contributed by atoms with E-state index in [0.717, 1.165) is 42.9 Å². The Balaban J connectivity index is 2.22. The van der Waals surface area contributed by atoms with E-state index in [1.807, 2.05) is 13.0 Å². The number of hydrogen-bond donors (Lipinski definition) is 2. The molecule has 0 aliphatic rings. The molecule has 2 N–H and O–H groups in total. The maximum Gasteiger partial charge on any atom is 0.305 e. The topological polar surface area (TPSA) is 62.7 Å². The highest BCUT2D eigenvalue weighted by atomic mass is 19.1. The smallest absolute Gasteiger partial charge is 0.305 e. The molecule has 0 fully saturated rings. The van der Waals surface area contributed by atoms with Crippen molar-refractivity contribution in [3.8, 4) is 0 Å². The molecule has 1 aromatic carbocycles. The van der Waals surface area contributed by atoms with Crippen LogP contribution in [-0.4, -0.2) is 39.2 Å². The Labute approximate surface area is 137 Å². The lowest BCUT2D eigenvalue weighted by Gasteiger charge is -2.12. The molecule has 0 aromatic heterocycles. The van der Waals surface area contributed by atoms with Gasteiger partial charge in [0, 0.05) is 26.6 Å². The van der Waals surface area contributed by atoms with Crippen molar-refractivity contribution in [1.29, 1.82) is 0 Å². The quantitative estimate of drug-likeness (QED) is 0.333. The molecule has 0 amide bonds. The lowest BCUT2D eigenvalue weighted by Crippen LogP contribution is -2.38. The molecule has 0 spiro atoms. The van der Waals surface area contributed by atoms with Gasteiger partial charge in [-0.1, -0.05) is 6.07 Å². The van der Waals surface area contributed by atoms with E-state index >= 15 is 0 Å². The number of unbranched alkanes of at least 4 members (excludes halogenated alkanes) is 1. The fourth-order valence-electron chi connectivity index (χ4n) is 2.18. The molecule has 0 atom stereocenters. The highest BCUT2D eigenvalue weighted by Crippen LogP contribution is 2.10. The number of esters is 1. The van der Waals surface area contributed by atoms with E-state index in [9.17, 15) is 9.18 Å². The van der Waals surface area contributed by atoms with E-state index in [1.54, 1.807) is 13.1 Å². The van der Waals surface area contributed by atoms with Crippen molar-refractivity contribution in [2.75, 3.05) is 27.2 Å². The SMILES string of the molecule is CN=C(NCCCCC(=O)OC)NCCc1ccc(F)cc1C. The monoisotopic (exact) mass is 323 g/mol.